The molecule has 296 valence electrons. The largest absolute Gasteiger partial charge is 0.507 e. The maximum absolute atomic E-state index is 14.1. The first-order valence-electron chi connectivity index (χ1n) is 19.9. The van der Waals surface area contributed by atoms with Gasteiger partial charge in [-0.3, -0.25) is 4.99 Å². The molecule has 0 saturated carbocycles. The molecule has 4 aromatic carbocycles. The van der Waals surface area contributed by atoms with Crippen molar-refractivity contribution in [2.45, 2.75) is 130 Å². The minimum Gasteiger partial charge on any atom is -0.507 e. The highest BCUT2D eigenvalue weighted by molar-refractivity contribution is 5.93. The first-order chi connectivity index (χ1) is 26.0. The Bertz CT molecular complexity index is 1810. The number of rotatable bonds is 17. The van der Waals surface area contributed by atoms with Gasteiger partial charge in [-0.1, -0.05) is 111 Å². The van der Waals surface area contributed by atoms with Crippen LogP contribution in [0.15, 0.2) is 89.9 Å². The van der Waals surface area contributed by atoms with Crippen molar-refractivity contribution in [3.05, 3.63) is 124 Å². The highest BCUT2D eigenvalue weighted by Gasteiger charge is 2.46. The Morgan fingerprint density at radius 1 is 0.745 bits per heavy atom. The fourth-order valence-electron chi connectivity index (χ4n) is 6.38. The lowest BCUT2D eigenvalue weighted by Crippen LogP contribution is -2.42. The van der Waals surface area contributed by atoms with Crippen molar-refractivity contribution in [1.82, 2.24) is 0 Å². The predicted octanol–water partition coefficient (Wildman–Crippen LogP) is 10.9. The van der Waals surface area contributed by atoms with E-state index >= 15 is 0 Å². The van der Waals surface area contributed by atoms with E-state index in [1.54, 1.807) is 26.1 Å². The minimum absolute atomic E-state index is 0.0523. The molecule has 4 rings (SSSR count). The molecule has 1 unspecified atom stereocenters. The van der Waals surface area contributed by atoms with Crippen LogP contribution in [0.3, 0.4) is 0 Å². The van der Waals surface area contributed by atoms with Crippen LogP contribution in [0.4, 0.5) is 0 Å². The molecule has 0 spiro atoms. The predicted molar refractivity (Wildman–Crippen MR) is 224 cm³/mol. The molecule has 2 N–H and O–H groups in total. The van der Waals surface area contributed by atoms with Crippen molar-refractivity contribution in [2.75, 3.05) is 13.2 Å². The molecule has 0 radical (unpaired) electrons. The Morgan fingerprint density at radius 2 is 1.27 bits per heavy atom. The molecule has 55 heavy (non-hydrogen) atoms. The number of aliphatic hydroxyl groups is 1. The lowest BCUT2D eigenvalue weighted by atomic mass is 9.73. The molecule has 1 atom stereocenters. The van der Waals surface area contributed by atoms with Crippen molar-refractivity contribution in [3.63, 3.8) is 0 Å². The molecule has 0 aliphatic carbocycles. The second-order valence-corrected chi connectivity index (χ2v) is 16.8. The summed E-state index contributed by atoms with van der Waals surface area (Å²) in [6, 6.07) is 25.9. The molecule has 0 fully saturated rings. The van der Waals surface area contributed by atoms with Crippen LogP contribution in [0.25, 0.3) is 0 Å². The second kappa shape index (κ2) is 18.8. The minimum atomic E-state index is -1.82. The third-order valence-corrected chi connectivity index (χ3v) is 9.78. The van der Waals surface area contributed by atoms with E-state index in [0.29, 0.717) is 47.8 Å². The van der Waals surface area contributed by atoms with Gasteiger partial charge in [0.05, 0.1) is 30.9 Å². The van der Waals surface area contributed by atoms with Gasteiger partial charge in [-0.05, 0) is 103 Å². The molecule has 7 nitrogen and oxygen atoms in total. The van der Waals surface area contributed by atoms with Crippen LogP contribution in [0, 0.1) is 0 Å². The molecule has 4 aromatic rings. The van der Waals surface area contributed by atoms with Crippen LogP contribution >= 0.6 is 0 Å². The zero-order valence-corrected chi connectivity index (χ0v) is 34.7. The average molecular weight is 750 g/mol. The highest BCUT2D eigenvalue weighted by atomic mass is 16.5. The standard InChI is InChI=1S/C48H63NO6/c1-11-13-26-53-42-24-21-37(46(5,6)7)30-39(42)48(52,40-31-38(47(8,9)10)22-25-43(40)54-27-14-12-2)44(28-34-18-16-15-17-19-34)49-32-36-29-35(20-23-41(36)50)45(51)55-33(3)4/h15-25,29-33,44,50,52H,11-14,26-28H2,1-10H3. The fraction of sp³-hybridized carbons (Fsp3) is 0.458. The van der Waals surface area contributed by atoms with Crippen molar-refractivity contribution >= 4 is 12.2 Å². The topological polar surface area (TPSA) is 97.6 Å². The third kappa shape index (κ3) is 11.2. The van der Waals surface area contributed by atoms with E-state index in [4.69, 9.17) is 19.2 Å². The number of phenols is 1. The van der Waals surface area contributed by atoms with E-state index in [-0.39, 0.29) is 28.2 Å². The SMILES string of the molecule is CCCCOc1ccc(C(C)(C)C)cc1C(O)(c1cc(C(C)(C)C)ccc1OCCCC)C(Cc1ccccc1)N=Cc1cc(C(=O)OC(C)C)ccc1O. The number of esters is 1. The van der Waals surface area contributed by atoms with Crippen LogP contribution in [0.1, 0.15) is 139 Å². The van der Waals surface area contributed by atoms with Crippen LogP contribution in [-0.2, 0) is 27.6 Å². The summed E-state index contributed by atoms with van der Waals surface area (Å²) >= 11 is 0. The molecule has 0 amide bonds. The smallest absolute Gasteiger partial charge is 0.338 e. The number of hydrogen-bond acceptors (Lipinski definition) is 7. The van der Waals surface area contributed by atoms with E-state index in [1.165, 1.54) is 12.1 Å². The lowest BCUT2D eigenvalue weighted by molar-refractivity contribution is 0.0377. The monoisotopic (exact) mass is 749 g/mol. The molecular formula is C48H63NO6. The second-order valence-electron chi connectivity index (χ2n) is 16.8. The Morgan fingerprint density at radius 3 is 1.75 bits per heavy atom. The van der Waals surface area contributed by atoms with Crippen molar-refractivity contribution < 1.29 is 29.2 Å². The van der Waals surface area contributed by atoms with E-state index in [0.717, 1.165) is 42.4 Å². The van der Waals surface area contributed by atoms with Crippen LogP contribution < -0.4 is 9.47 Å². The van der Waals surface area contributed by atoms with Gasteiger partial charge in [0, 0.05) is 22.9 Å². The quantitative estimate of drug-likeness (QED) is 0.0634. The highest BCUT2D eigenvalue weighted by Crippen LogP contribution is 2.47. The summed E-state index contributed by atoms with van der Waals surface area (Å²) in [5.74, 6) is 0.588. The number of carbonyl (C=O) groups is 1. The number of aromatic hydroxyl groups is 1. The van der Waals surface area contributed by atoms with Crippen molar-refractivity contribution in [1.29, 1.82) is 0 Å². The summed E-state index contributed by atoms with van der Waals surface area (Å²) in [5.41, 5.74) is 2.48. The number of carbonyl (C=O) groups excluding carboxylic acids is 1. The number of aliphatic imine (C=N–C) groups is 1. The Hall–Kier alpha value is -4.62. The Labute approximate surface area is 329 Å². The summed E-state index contributed by atoms with van der Waals surface area (Å²) in [6.07, 6.45) is 5.18. The van der Waals surface area contributed by atoms with Gasteiger partial charge in [-0.2, -0.15) is 0 Å². The van der Waals surface area contributed by atoms with Gasteiger partial charge in [0.1, 0.15) is 22.8 Å². The van der Waals surface area contributed by atoms with E-state index < -0.39 is 17.6 Å². The lowest BCUT2D eigenvalue weighted by Gasteiger charge is -2.39. The van der Waals surface area contributed by atoms with Crippen LogP contribution in [0.2, 0.25) is 0 Å². The summed E-state index contributed by atoms with van der Waals surface area (Å²) in [6.45, 7) is 21.7. The Kier molecular flexibility index (Phi) is 14.7. The number of phenolic OH excluding ortho intramolecular Hbond substituents is 1. The average Bonchev–Trinajstić information content (AvgIpc) is 3.13. The van der Waals surface area contributed by atoms with Gasteiger partial charge >= 0.3 is 5.97 Å². The maximum atomic E-state index is 14.1. The van der Waals surface area contributed by atoms with Gasteiger partial charge < -0.3 is 24.4 Å². The van der Waals surface area contributed by atoms with Crippen molar-refractivity contribution in [3.8, 4) is 17.2 Å². The van der Waals surface area contributed by atoms with Crippen molar-refractivity contribution in [2.24, 2.45) is 4.99 Å². The molecular weight excluding hydrogens is 687 g/mol. The number of hydrogen-bond donors (Lipinski definition) is 2. The summed E-state index contributed by atoms with van der Waals surface area (Å²) in [5, 5.41) is 25.2. The van der Waals surface area contributed by atoms with Gasteiger partial charge in [0.25, 0.3) is 0 Å². The zero-order chi connectivity index (χ0) is 40.4. The number of unbranched alkanes of at least 4 members (excludes halogenated alkanes) is 2. The van der Waals surface area contributed by atoms with Gasteiger partial charge in [0.15, 0.2) is 0 Å². The first-order valence-corrected chi connectivity index (χ1v) is 19.9. The normalized spacial score (nSPS) is 12.9. The fourth-order valence-corrected chi connectivity index (χ4v) is 6.38. The van der Waals surface area contributed by atoms with E-state index in [9.17, 15) is 15.0 Å². The number of ether oxygens (including phenoxy) is 3. The van der Waals surface area contributed by atoms with E-state index in [2.05, 4.69) is 79.7 Å². The molecule has 0 aromatic heterocycles. The molecule has 0 heterocycles. The van der Waals surface area contributed by atoms with Gasteiger partial charge in [-0.15, -0.1) is 0 Å². The van der Waals surface area contributed by atoms with E-state index in [1.807, 2.05) is 42.5 Å². The number of nitrogens with zero attached hydrogens (tertiary/aromatic N) is 1. The van der Waals surface area contributed by atoms with Gasteiger partial charge in [0.2, 0.25) is 0 Å². The first kappa shape index (κ1) is 43.1. The van der Waals surface area contributed by atoms with Gasteiger partial charge in [-0.25, -0.2) is 4.79 Å². The molecule has 0 bridgehead atoms. The Balaban J connectivity index is 2.12. The number of benzene rings is 4. The third-order valence-electron chi connectivity index (χ3n) is 9.78. The summed E-state index contributed by atoms with van der Waals surface area (Å²) in [4.78, 5) is 18.1. The summed E-state index contributed by atoms with van der Waals surface area (Å²) < 4.78 is 18.6. The maximum Gasteiger partial charge on any atom is 0.338 e. The molecule has 7 heteroatoms. The molecule has 0 saturated heterocycles. The summed E-state index contributed by atoms with van der Waals surface area (Å²) in [7, 11) is 0. The zero-order valence-electron chi connectivity index (χ0n) is 34.7. The van der Waals surface area contributed by atoms with Crippen LogP contribution in [0.5, 0.6) is 17.2 Å². The van der Waals surface area contributed by atoms with Crippen LogP contribution in [-0.4, -0.2) is 47.8 Å². The molecule has 0 aliphatic heterocycles. The molecule has 0 aliphatic rings.